The number of benzene rings is 1. The molecule has 16 heavy (non-hydrogen) atoms. The molecule has 1 nitrogen and oxygen atoms in total. The van der Waals surface area contributed by atoms with Gasteiger partial charge in [-0.1, -0.05) is 30.7 Å². The molecule has 84 valence electrons. The molecule has 0 amide bonds. The van der Waals surface area contributed by atoms with E-state index in [0.717, 1.165) is 33.5 Å². The Morgan fingerprint density at radius 2 is 2.00 bits per heavy atom. The summed E-state index contributed by atoms with van der Waals surface area (Å²) in [5, 5.41) is 1.81. The van der Waals surface area contributed by atoms with Gasteiger partial charge in [0.15, 0.2) is 0 Å². The van der Waals surface area contributed by atoms with Gasteiger partial charge in [0.2, 0.25) is 0 Å². The third kappa shape index (κ3) is 2.42. The molecule has 0 radical (unpaired) electrons. The van der Waals surface area contributed by atoms with Crippen LogP contribution in [0.15, 0.2) is 24.3 Å². The van der Waals surface area contributed by atoms with Gasteiger partial charge in [-0.05, 0) is 18.6 Å². The molecule has 4 heteroatoms. The predicted molar refractivity (Wildman–Crippen MR) is 74.6 cm³/mol. The summed E-state index contributed by atoms with van der Waals surface area (Å²) in [6, 6.07) is 7.79. The van der Waals surface area contributed by atoms with Crippen LogP contribution in [0.1, 0.15) is 17.5 Å². The van der Waals surface area contributed by atoms with Crippen molar-refractivity contribution in [1.29, 1.82) is 0 Å². The smallest absolute Gasteiger partial charge is 0.123 e. The highest BCUT2D eigenvalue weighted by Gasteiger charge is 2.09. The molecule has 0 spiro atoms. The van der Waals surface area contributed by atoms with E-state index in [0.29, 0.717) is 0 Å². The Hall–Kier alpha value is -0.510. The molecule has 2 rings (SSSR count). The maximum Gasteiger partial charge on any atom is 0.123 e. The van der Waals surface area contributed by atoms with E-state index in [9.17, 15) is 0 Å². The van der Waals surface area contributed by atoms with Crippen molar-refractivity contribution in [3.05, 3.63) is 39.9 Å². The average molecular weight is 270 g/mol. The van der Waals surface area contributed by atoms with Crippen LogP contribution in [0.25, 0.3) is 10.6 Å². The van der Waals surface area contributed by atoms with E-state index >= 15 is 0 Å². The third-order valence-corrected chi connectivity index (χ3v) is 4.28. The summed E-state index contributed by atoms with van der Waals surface area (Å²) in [4.78, 5) is 5.89. The summed E-state index contributed by atoms with van der Waals surface area (Å²) in [6.07, 6.45) is 0.958. The van der Waals surface area contributed by atoms with Crippen LogP contribution in [0, 0.1) is 0 Å². The van der Waals surface area contributed by atoms with Gasteiger partial charge in [0, 0.05) is 21.2 Å². The van der Waals surface area contributed by atoms with Crippen LogP contribution >= 0.6 is 35.6 Å². The van der Waals surface area contributed by atoms with Gasteiger partial charge >= 0.3 is 0 Å². The maximum atomic E-state index is 5.86. The normalized spacial score (nSPS) is 10.7. The molecule has 0 aliphatic carbocycles. The fraction of sp³-hybridized carbons (Fsp3) is 0.250. The molecule has 0 aliphatic rings. The summed E-state index contributed by atoms with van der Waals surface area (Å²) in [5.74, 6) is 0.758. The van der Waals surface area contributed by atoms with E-state index in [1.54, 1.807) is 11.3 Å². The van der Waals surface area contributed by atoms with Crippen LogP contribution in [-0.2, 0) is 12.2 Å². The summed E-state index contributed by atoms with van der Waals surface area (Å²) < 4.78 is 0. The van der Waals surface area contributed by atoms with Crippen molar-refractivity contribution in [2.24, 2.45) is 0 Å². The first-order valence-electron chi connectivity index (χ1n) is 5.10. The minimum absolute atomic E-state index is 0.755. The zero-order chi connectivity index (χ0) is 11.5. The zero-order valence-electron chi connectivity index (χ0n) is 8.90. The number of nitrogens with zero attached hydrogens (tertiary/aromatic N) is 1. The van der Waals surface area contributed by atoms with Crippen LogP contribution in [0.4, 0.5) is 0 Å². The van der Waals surface area contributed by atoms with Crippen LogP contribution in [-0.4, -0.2) is 4.98 Å². The van der Waals surface area contributed by atoms with Crippen molar-refractivity contribution in [3.63, 3.8) is 0 Å². The molecular weight excluding hydrogens is 258 g/mol. The van der Waals surface area contributed by atoms with E-state index in [1.165, 1.54) is 4.88 Å². The minimum Gasteiger partial charge on any atom is -0.241 e. The van der Waals surface area contributed by atoms with Gasteiger partial charge in [-0.15, -0.1) is 11.3 Å². The molecule has 0 bridgehead atoms. The van der Waals surface area contributed by atoms with Crippen molar-refractivity contribution in [1.82, 2.24) is 4.98 Å². The largest absolute Gasteiger partial charge is 0.241 e. The number of rotatable bonds is 3. The number of thiazole rings is 1. The van der Waals surface area contributed by atoms with E-state index in [4.69, 9.17) is 11.6 Å². The van der Waals surface area contributed by atoms with Crippen LogP contribution in [0.5, 0.6) is 0 Å². The summed E-state index contributed by atoms with van der Waals surface area (Å²) >= 11 is 11.9. The number of hydrogen-bond donors (Lipinski definition) is 1. The van der Waals surface area contributed by atoms with Crippen LogP contribution < -0.4 is 0 Å². The molecule has 1 aromatic carbocycles. The first-order chi connectivity index (χ1) is 7.74. The molecule has 0 atom stereocenters. The second kappa shape index (κ2) is 5.21. The lowest BCUT2D eigenvalue weighted by Gasteiger charge is -1.95. The van der Waals surface area contributed by atoms with Crippen LogP contribution in [0.2, 0.25) is 5.02 Å². The lowest BCUT2D eigenvalue weighted by molar-refractivity contribution is 1.04. The van der Waals surface area contributed by atoms with Gasteiger partial charge in [-0.2, -0.15) is 12.6 Å². The number of halogens is 1. The fourth-order valence-electron chi connectivity index (χ4n) is 1.50. The third-order valence-electron chi connectivity index (χ3n) is 2.35. The molecule has 0 fully saturated rings. The summed E-state index contributed by atoms with van der Waals surface area (Å²) in [5.41, 5.74) is 2.28. The quantitative estimate of drug-likeness (QED) is 0.812. The van der Waals surface area contributed by atoms with Crippen molar-refractivity contribution in [3.8, 4) is 10.6 Å². The Labute approximate surface area is 110 Å². The standard InChI is InChI=1S/C12H12ClNS2/c1-2-10-11(7-15)16-12(14-10)8-3-5-9(13)6-4-8/h3-6,15H,2,7H2,1H3. The van der Waals surface area contributed by atoms with E-state index in [-0.39, 0.29) is 0 Å². The van der Waals surface area contributed by atoms with Crippen LogP contribution in [0.3, 0.4) is 0 Å². The summed E-state index contributed by atoms with van der Waals surface area (Å²) in [7, 11) is 0. The monoisotopic (exact) mass is 269 g/mol. The molecular formula is C12H12ClNS2. The first-order valence-corrected chi connectivity index (χ1v) is 6.92. The van der Waals surface area contributed by atoms with E-state index < -0.39 is 0 Å². The Balaban J connectivity index is 2.40. The molecule has 1 heterocycles. The maximum absolute atomic E-state index is 5.86. The SMILES string of the molecule is CCc1nc(-c2ccc(Cl)cc2)sc1CS. The molecule has 0 saturated heterocycles. The first kappa shape index (κ1) is 12.0. The molecule has 2 aromatic rings. The zero-order valence-corrected chi connectivity index (χ0v) is 11.4. The molecule has 0 unspecified atom stereocenters. The van der Waals surface area contributed by atoms with Gasteiger partial charge in [-0.25, -0.2) is 4.98 Å². The Bertz CT molecular complexity index is 455. The molecule has 0 N–H and O–H groups in total. The van der Waals surface area contributed by atoms with Gasteiger partial charge < -0.3 is 0 Å². The lowest BCUT2D eigenvalue weighted by Crippen LogP contribution is -1.84. The second-order valence-corrected chi connectivity index (χ2v) is 5.24. The number of hydrogen-bond acceptors (Lipinski definition) is 3. The predicted octanol–water partition coefficient (Wildman–Crippen LogP) is 4.46. The van der Waals surface area contributed by atoms with Gasteiger partial charge in [-0.3, -0.25) is 0 Å². The van der Waals surface area contributed by atoms with Gasteiger partial charge in [0.1, 0.15) is 5.01 Å². The highest BCUT2D eigenvalue weighted by Crippen LogP contribution is 2.30. The highest BCUT2D eigenvalue weighted by molar-refractivity contribution is 7.79. The molecule has 0 saturated carbocycles. The minimum atomic E-state index is 0.755. The molecule has 1 aromatic heterocycles. The lowest BCUT2D eigenvalue weighted by atomic mass is 10.2. The average Bonchev–Trinajstić information content (AvgIpc) is 2.73. The number of aryl methyl sites for hydroxylation is 1. The number of aromatic nitrogens is 1. The second-order valence-electron chi connectivity index (χ2n) is 3.41. The van der Waals surface area contributed by atoms with E-state index in [1.807, 2.05) is 24.3 Å². The van der Waals surface area contributed by atoms with Crippen molar-refractivity contribution >= 4 is 35.6 Å². The Kier molecular flexibility index (Phi) is 3.90. The fourth-order valence-corrected chi connectivity index (χ4v) is 3.02. The number of thiol groups is 1. The Morgan fingerprint density at radius 3 is 2.50 bits per heavy atom. The molecule has 0 aliphatic heterocycles. The van der Waals surface area contributed by atoms with Crippen molar-refractivity contribution in [2.75, 3.05) is 0 Å². The van der Waals surface area contributed by atoms with E-state index in [2.05, 4.69) is 24.5 Å². The topological polar surface area (TPSA) is 12.9 Å². The Morgan fingerprint density at radius 1 is 1.31 bits per heavy atom. The van der Waals surface area contributed by atoms with Gasteiger partial charge in [0.25, 0.3) is 0 Å². The van der Waals surface area contributed by atoms with Crippen molar-refractivity contribution < 1.29 is 0 Å². The summed E-state index contributed by atoms with van der Waals surface area (Å²) in [6.45, 7) is 2.12. The van der Waals surface area contributed by atoms with Gasteiger partial charge in [0.05, 0.1) is 5.69 Å². The van der Waals surface area contributed by atoms with Crippen molar-refractivity contribution in [2.45, 2.75) is 19.1 Å². The highest BCUT2D eigenvalue weighted by atomic mass is 35.5.